The second-order valence-corrected chi connectivity index (χ2v) is 6.91. The molecule has 0 spiro atoms. The topological polar surface area (TPSA) is 83.8 Å². The Bertz CT molecular complexity index is 873. The van der Waals surface area contributed by atoms with Crippen molar-refractivity contribution in [2.24, 2.45) is 0 Å². The van der Waals surface area contributed by atoms with Gasteiger partial charge in [0.25, 0.3) is 0 Å². The van der Waals surface area contributed by atoms with Crippen molar-refractivity contribution in [3.8, 4) is 11.5 Å². The van der Waals surface area contributed by atoms with E-state index < -0.39 is 17.8 Å². The SMILES string of the molecule is O=C1/C=C/CC/C=C/C[C@@H](C2=CCCC=C2)OC(=O)c2c(O)cc(O)cc2C1. The van der Waals surface area contributed by atoms with Crippen LogP contribution in [-0.4, -0.2) is 28.1 Å². The first-order valence-electron chi connectivity index (χ1n) is 9.51. The van der Waals surface area contributed by atoms with Gasteiger partial charge in [-0.15, -0.1) is 0 Å². The molecule has 0 aromatic heterocycles. The lowest BCUT2D eigenvalue weighted by Crippen LogP contribution is -2.21. The van der Waals surface area contributed by atoms with E-state index in [9.17, 15) is 19.8 Å². The number of benzene rings is 1. The number of phenols is 2. The number of esters is 1. The summed E-state index contributed by atoms with van der Waals surface area (Å²) >= 11 is 0. The number of allylic oxidation sites excluding steroid dienone is 5. The van der Waals surface area contributed by atoms with Crippen LogP contribution in [0.2, 0.25) is 0 Å². The summed E-state index contributed by atoms with van der Waals surface area (Å²) in [6.07, 6.45) is 16.6. The molecule has 1 aromatic carbocycles. The van der Waals surface area contributed by atoms with Crippen LogP contribution in [0, 0.1) is 0 Å². The number of carbonyl (C=O) groups is 2. The maximum absolute atomic E-state index is 12.9. The zero-order valence-electron chi connectivity index (χ0n) is 15.6. The van der Waals surface area contributed by atoms with Crippen LogP contribution in [0.5, 0.6) is 11.5 Å². The van der Waals surface area contributed by atoms with Gasteiger partial charge in [0.1, 0.15) is 23.2 Å². The van der Waals surface area contributed by atoms with Gasteiger partial charge in [0, 0.05) is 18.9 Å². The summed E-state index contributed by atoms with van der Waals surface area (Å²) in [4.78, 5) is 25.1. The normalized spacial score (nSPS) is 23.1. The molecule has 1 aliphatic carbocycles. The Morgan fingerprint density at radius 3 is 2.43 bits per heavy atom. The molecule has 1 heterocycles. The van der Waals surface area contributed by atoms with Crippen molar-refractivity contribution >= 4 is 11.8 Å². The van der Waals surface area contributed by atoms with Gasteiger partial charge >= 0.3 is 5.97 Å². The summed E-state index contributed by atoms with van der Waals surface area (Å²) in [5.74, 6) is -1.53. The van der Waals surface area contributed by atoms with Crippen molar-refractivity contribution in [2.75, 3.05) is 0 Å². The molecule has 1 atom stereocenters. The van der Waals surface area contributed by atoms with E-state index in [0.717, 1.165) is 37.3 Å². The molecule has 1 aliphatic heterocycles. The van der Waals surface area contributed by atoms with E-state index in [-0.39, 0.29) is 29.1 Å². The Hall–Kier alpha value is -3.08. The molecule has 2 aliphatic rings. The van der Waals surface area contributed by atoms with E-state index in [1.165, 1.54) is 12.1 Å². The van der Waals surface area contributed by atoms with Gasteiger partial charge in [-0.1, -0.05) is 36.5 Å². The molecule has 3 rings (SSSR count). The minimum absolute atomic E-state index is 0.0778. The van der Waals surface area contributed by atoms with E-state index in [1.54, 1.807) is 6.08 Å². The fraction of sp³-hybridized carbons (Fsp3) is 0.304. The Labute approximate surface area is 164 Å². The van der Waals surface area contributed by atoms with Crippen molar-refractivity contribution < 1.29 is 24.5 Å². The number of ketones is 1. The first-order chi connectivity index (χ1) is 13.5. The van der Waals surface area contributed by atoms with E-state index >= 15 is 0 Å². The van der Waals surface area contributed by atoms with Gasteiger partial charge in [-0.2, -0.15) is 0 Å². The number of cyclic esters (lactones) is 1. The molecule has 1 aromatic rings. The number of aromatic hydroxyl groups is 2. The highest BCUT2D eigenvalue weighted by molar-refractivity contribution is 5.98. The summed E-state index contributed by atoms with van der Waals surface area (Å²) in [6.45, 7) is 0. The van der Waals surface area contributed by atoms with Gasteiger partial charge in [-0.25, -0.2) is 4.79 Å². The minimum Gasteiger partial charge on any atom is -0.508 e. The maximum atomic E-state index is 12.9. The summed E-state index contributed by atoms with van der Waals surface area (Å²) in [5.41, 5.74) is 1.09. The molecule has 0 radical (unpaired) electrons. The summed E-state index contributed by atoms with van der Waals surface area (Å²) in [5, 5.41) is 20.1. The highest BCUT2D eigenvalue weighted by Gasteiger charge is 2.25. The minimum atomic E-state index is -0.709. The standard InChI is InChI=1S/C23H24O5/c24-18-11-7-2-1-3-8-12-21(16-9-5-4-6-10-16)28-23(27)22-17(13-18)14-19(25)15-20(22)26/h3,5,7-11,14-15,21,25-26H,1-2,4,6,12-13H2/b8-3+,11-7+/t21-/m0/s1. The van der Waals surface area contributed by atoms with E-state index in [0.29, 0.717) is 6.42 Å². The molecule has 0 saturated heterocycles. The second kappa shape index (κ2) is 9.22. The first-order valence-corrected chi connectivity index (χ1v) is 9.51. The van der Waals surface area contributed by atoms with Gasteiger partial charge in [-0.05, 0) is 49.0 Å². The number of phenolic OH excluding ortho intramolecular Hbond substituents is 2. The van der Waals surface area contributed by atoms with Crippen LogP contribution >= 0.6 is 0 Å². The van der Waals surface area contributed by atoms with Gasteiger partial charge in [0.2, 0.25) is 0 Å². The number of rotatable bonds is 1. The molecule has 0 unspecified atom stereocenters. The monoisotopic (exact) mass is 380 g/mol. The van der Waals surface area contributed by atoms with E-state index in [2.05, 4.69) is 6.08 Å². The molecule has 0 amide bonds. The molecule has 0 bridgehead atoms. The zero-order valence-corrected chi connectivity index (χ0v) is 15.6. The maximum Gasteiger partial charge on any atom is 0.342 e. The predicted molar refractivity (Wildman–Crippen MR) is 106 cm³/mol. The van der Waals surface area contributed by atoms with Gasteiger partial charge in [0.15, 0.2) is 5.78 Å². The highest BCUT2D eigenvalue weighted by Crippen LogP contribution is 2.30. The predicted octanol–water partition coefficient (Wildman–Crippen LogP) is 4.31. The zero-order chi connectivity index (χ0) is 19.9. The second-order valence-electron chi connectivity index (χ2n) is 6.91. The Kier molecular flexibility index (Phi) is 6.48. The molecule has 0 fully saturated rings. The Morgan fingerprint density at radius 1 is 0.893 bits per heavy atom. The average molecular weight is 380 g/mol. The quantitative estimate of drug-likeness (QED) is 0.560. The highest BCUT2D eigenvalue weighted by atomic mass is 16.5. The van der Waals surface area contributed by atoms with Crippen molar-refractivity contribution in [1.82, 2.24) is 0 Å². The lowest BCUT2D eigenvalue weighted by atomic mass is 9.98. The Balaban J connectivity index is 1.98. The first kappa shape index (κ1) is 19.7. The number of fused-ring (bicyclic) bond motifs is 1. The third-order valence-electron chi connectivity index (χ3n) is 4.72. The van der Waals surface area contributed by atoms with Crippen molar-refractivity contribution in [3.63, 3.8) is 0 Å². The number of ether oxygens (including phenoxy) is 1. The average Bonchev–Trinajstić information content (AvgIpc) is 2.65. The van der Waals surface area contributed by atoms with E-state index in [1.807, 2.05) is 24.3 Å². The lowest BCUT2D eigenvalue weighted by Gasteiger charge is -2.21. The largest absolute Gasteiger partial charge is 0.508 e. The van der Waals surface area contributed by atoms with Crippen LogP contribution in [-0.2, 0) is 16.0 Å². The molecule has 28 heavy (non-hydrogen) atoms. The lowest BCUT2D eigenvalue weighted by molar-refractivity contribution is -0.114. The molecule has 5 heteroatoms. The fourth-order valence-corrected chi connectivity index (χ4v) is 3.35. The van der Waals surface area contributed by atoms with Crippen molar-refractivity contribution in [1.29, 1.82) is 0 Å². The van der Waals surface area contributed by atoms with Crippen LogP contribution in [0.3, 0.4) is 0 Å². The molecular weight excluding hydrogens is 356 g/mol. The van der Waals surface area contributed by atoms with Crippen molar-refractivity contribution in [2.45, 2.75) is 44.6 Å². The van der Waals surface area contributed by atoms with Crippen LogP contribution in [0.25, 0.3) is 0 Å². The van der Waals surface area contributed by atoms with E-state index in [4.69, 9.17) is 4.74 Å². The van der Waals surface area contributed by atoms with Gasteiger partial charge < -0.3 is 14.9 Å². The van der Waals surface area contributed by atoms with Crippen LogP contribution in [0.1, 0.15) is 48.0 Å². The van der Waals surface area contributed by atoms with Crippen molar-refractivity contribution in [3.05, 3.63) is 71.4 Å². The summed E-state index contributed by atoms with van der Waals surface area (Å²) in [6, 6.07) is 2.40. The third kappa shape index (κ3) is 5.00. The number of carbonyl (C=O) groups excluding carboxylic acids is 2. The van der Waals surface area contributed by atoms with Crippen LogP contribution < -0.4 is 0 Å². The van der Waals surface area contributed by atoms with Crippen LogP contribution in [0.15, 0.2) is 60.2 Å². The summed E-state index contributed by atoms with van der Waals surface area (Å²) < 4.78 is 5.74. The molecule has 5 nitrogen and oxygen atoms in total. The van der Waals surface area contributed by atoms with Crippen LogP contribution in [0.4, 0.5) is 0 Å². The third-order valence-corrected chi connectivity index (χ3v) is 4.72. The molecule has 0 saturated carbocycles. The number of hydrogen-bond acceptors (Lipinski definition) is 5. The smallest absolute Gasteiger partial charge is 0.342 e. The van der Waals surface area contributed by atoms with Gasteiger partial charge in [-0.3, -0.25) is 4.79 Å². The molecule has 2 N–H and O–H groups in total. The summed E-state index contributed by atoms with van der Waals surface area (Å²) in [7, 11) is 0. The molecular formula is C23H24O5. The fourth-order valence-electron chi connectivity index (χ4n) is 3.35. The van der Waals surface area contributed by atoms with Gasteiger partial charge in [0.05, 0.1) is 0 Å². The Morgan fingerprint density at radius 2 is 1.64 bits per heavy atom. The molecule has 146 valence electrons. The number of hydrogen-bond donors (Lipinski definition) is 2.